The van der Waals surface area contributed by atoms with Gasteiger partial charge < -0.3 is 10.6 Å². The average molecular weight is 358 g/mol. The van der Waals surface area contributed by atoms with Crippen molar-refractivity contribution in [3.05, 3.63) is 101 Å². The molecule has 0 radical (unpaired) electrons. The molecule has 27 heavy (non-hydrogen) atoms. The van der Waals surface area contributed by atoms with Gasteiger partial charge in [-0.1, -0.05) is 48.0 Å². The highest BCUT2D eigenvalue weighted by molar-refractivity contribution is 6.04. The Balaban J connectivity index is 1.61. The fraction of sp³-hybridized carbons (Fsp3) is 0.130. The normalized spacial score (nSPS) is 11.5. The first-order chi connectivity index (χ1) is 13.0. The van der Waals surface area contributed by atoms with E-state index in [1.165, 1.54) is 0 Å². The molecule has 0 aliphatic heterocycles. The van der Waals surface area contributed by atoms with Gasteiger partial charge in [0.25, 0.3) is 11.8 Å². The first-order valence-electron chi connectivity index (χ1n) is 8.87. The lowest BCUT2D eigenvalue weighted by atomic mass is 10.1. The number of nitrogens with one attached hydrogen (secondary N) is 2. The van der Waals surface area contributed by atoms with Crippen molar-refractivity contribution < 1.29 is 9.59 Å². The quantitative estimate of drug-likeness (QED) is 0.692. The number of benzene rings is 3. The summed E-state index contributed by atoms with van der Waals surface area (Å²) in [7, 11) is 0. The van der Waals surface area contributed by atoms with Crippen LogP contribution in [0.2, 0.25) is 0 Å². The Morgan fingerprint density at radius 3 is 1.93 bits per heavy atom. The zero-order chi connectivity index (χ0) is 19.2. The predicted molar refractivity (Wildman–Crippen MR) is 108 cm³/mol. The predicted octanol–water partition coefficient (Wildman–Crippen LogP) is 4.74. The molecular formula is C23H22N2O2. The van der Waals surface area contributed by atoms with Gasteiger partial charge in [-0.25, -0.2) is 0 Å². The smallest absolute Gasteiger partial charge is 0.255 e. The topological polar surface area (TPSA) is 58.2 Å². The van der Waals surface area contributed by atoms with E-state index in [4.69, 9.17) is 0 Å². The summed E-state index contributed by atoms with van der Waals surface area (Å²) in [5, 5.41) is 5.82. The molecule has 0 fully saturated rings. The Hall–Kier alpha value is -3.40. The van der Waals surface area contributed by atoms with Gasteiger partial charge in [0.05, 0.1) is 6.04 Å². The SMILES string of the molecule is Cc1ccc(C(=O)Nc2ccc(C(=O)NC(C)c3ccccc3)cc2)cc1. The molecule has 3 rings (SSSR count). The summed E-state index contributed by atoms with van der Waals surface area (Å²) in [6.45, 7) is 3.92. The van der Waals surface area contributed by atoms with Gasteiger partial charge in [-0.15, -0.1) is 0 Å². The zero-order valence-corrected chi connectivity index (χ0v) is 15.4. The molecule has 136 valence electrons. The molecule has 1 unspecified atom stereocenters. The zero-order valence-electron chi connectivity index (χ0n) is 15.4. The van der Waals surface area contributed by atoms with Crippen LogP contribution < -0.4 is 10.6 Å². The van der Waals surface area contributed by atoms with Crippen LogP contribution in [0.5, 0.6) is 0 Å². The van der Waals surface area contributed by atoms with Crippen LogP contribution in [0.1, 0.15) is 44.8 Å². The number of anilines is 1. The number of aryl methyl sites for hydroxylation is 1. The molecule has 3 aromatic rings. The largest absolute Gasteiger partial charge is 0.346 e. The first-order valence-corrected chi connectivity index (χ1v) is 8.87. The maximum absolute atomic E-state index is 12.4. The third-order valence-electron chi connectivity index (χ3n) is 4.37. The van der Waals surface area contributed by atoms with Crippen LogP contribution in [0, 0.1) is 6.92 Å². The second-order valence-electron chi connectivity index (χ2n) is 6.50. The molecule has 0 saturated carbocycles. The van der Waals surface area contributed by atoms with Gasteiger partial charge in [0.15, 0.2) is 0 Å². The summed E-state index contributed by atoms with van der Waals surface area (Å²) in [4.78, 5) is 24.7. The minimum atomic E-state index is -0.176. The molecule has 0 aliphatic carbocycles. The maximum atomic E-state index is 12.4. The summed E-state index contributed by atoms with van der Waals surface area (Å²) >= 11 is 0. The van der Waals surface area contributed by atoms with Gasteiger partial charge in [0.2, 0.25) is 0 Å². The molecule has 0 spiro atoms. The Morgan fingerprint density at radius 1 is 0.741 bits per heavy atom. The molecule has 0 heterocycles. The highest BCUT2D eigenvalue weighted by Gasteiger charge is 2.12. The molecule has 0 saturated heterocycles. The summed E-state index contributed by atoms with van der Waals surface area (Å²) < 4.78 is 0. The Bertz CT molecular complexity index is 917. The molecule has 0 aliphatic rings. The molecule has 0 bridgehead atoms. The van der Waals surface area contributed by atoms with Crippen molar-refractivity contribution in [3.63, 3.8) is 0 Å². The Kier molecular flexibility index (Phi) is 5.67. The van der Waals surface area contributed by atoms with Crippen molar-refractivity contribution in [2.45, 2.75) is 19.9 Å². The lowest BCUT2D eigenvalue weighted by Gasteiger charge is -2.14. The third-order valence-corrected chi connectivity index (χ3v) is 4.37. The standard InChI is InChI=1S/C23H22N2O2/c1-16-8-10-19(11-9-16)23(27)25-21-14-12-20(13-15-21)22(26)24-17(2)18-6-4-3-5-7-18/h3-15,17H,1-2H3,(H,24,26)(H,25,27). The van der Waals surface area contributed by atoms with Gasteiger partial charge >= 0.3 is 0 Å². The van der Waals surface area contributed by atoms with E-state index in [0.29, 0.717) is 16.8 Å². The van der Waals surface area contributed by atoms with Crippen molar-refractivity contribution in [1.82, 2.24) is 5.32 Å². The minimum Gasteiger partial charge on any atom is -0.346 e. The molecule has 1 atom stereocenters. The van der Waals surface area contributed by atoms with E-state index in [1.54, 1.807) is 36.4 Å². The Morgan fingerprint density at radius 2 is 1.30 bits per heavy atom. The lowest BCUT2D eigenvalue weighted by Crippen LogP contribution is -2.26. The highest BCUT2D eigenvalue weighted by Crippen LogP contribution is 2.15. The molecular weight excluding hydrogens is 336 g/mol. The van der Waals surface area contributed by atoms with Crippen molar-refractivity contribution in [2.24, 2.45) is 0 Å². The van der Waals surface area contributed by atoms with Gasteiger partial charge in [-0.2, -0.15) is 0 Å². The summed E-state index contributed by atoms with van der Waals surface area (Å²) in [6.07, 6.45) is 0. The number of carbonyl (C=O) groups excluding carboxylic acids is 2. The number of amides is 2. The minimum absolute atomic E-state index is 0.0837. The van der Waals surface area contributed by atoms with E-state index in [9.17, 15) is 9.59 Å². The first kappa shape index (κ1) is 18.4. The molecule has 2 amide bonds. The number of hydrogen-bond acceptors (Lipinski definition) is 2. The summed E-state index contributed by atoms with van der Waals surface area (Å²) in [5.41, 5.74) is 3.94. The van der Waals surface area contributed by atoms with Crippen LogP contribution in [0.25, 0.3) is 0 Å². The fourth-order valence-corrected chi connectivity index (χ4v) is 2.72. The van der Waals surface area contributed by atoms with E-state index in [0.717, 1.165) is 11.1 Å². The van der Waals surface area contributed by atoms with Gasteiger partial charge in [0, 0.05) is 16.8 Å². The molecule has 0 aromatic heterocycles. The van der Waals surface area contributed by atoms with Crippen molar-refractivity contribution in [3.8, 4) is 0 Å². The number of rotatable bonds is 5. The van der Waals surface area contributed by atoms with E-state index in [2.05, 4.69) is 10.6 Å². The third kappa shape index (κ3) is 4.82. The summed E-state index contributed by atoms with van der Waals surface area (Å²) in [6, 6.07) is 24.0. The second kappa shape index (κ2) is 8.32. The maximum Gasteiger partial charge on any atom is 0.255 e. The van der Waals surface area contributed by atoms with Crippen molar-refractivity contribution >= 4 is 17.5 Å². The summed E-state index contributed by atoms with van der Waals surface area (Å²) in [5.74, 6) is -0.326. The van der Waals surface area contributed by atoms with E-state index in [1.807, 2.05) is 56.3 Å². The van der Waals surface area contributed by atoms with Gasteiger partial charge in [-0.05, 0) is 55.8 Å². The Labute approximate surface area is 159 Å². The fourth-order valence-electron chi connectivity index (χ4n) is 2.72. The van der Waals surface area contributed by atoms with Gasteiger partial charge in [-0.3, -0.25) is 9.59 Å². The van der Waals surface area contributed by atoms with Crippen LogP contribution >= 0.6 is 0 Å². The monoisotopic (exact) mass is 358 g/mol. The van der Waals surface area contributed by atoms with Crippen LogP contribution in [-0.4, -0.2) is 11.8 Å². The molecule has 3 aromatic carbocycles. The number of carbonyl (C=O) groups is 2. The lowest BCUT2D eigenvalue weighted by molar-refractivity contribution is 0.0939. The van der Waals surface area contributed by atoms with Crippen LogP contribution in [0.15, 0.2) is 78.9 Å². The van der Waals surface area contributed by atoms with Crippen LogP contribution in [0.4, 0.5) is 5.69 Å². The van der Waals surface area contributed by atoms with Crippen molar-refractivity contribution in [1.29, 1.82) is 0 Å². The molecule has 2 N–H and O–H groups in total. The van der Waals surface area contributed by atoms with Crippen LogP contribution in [0.3, 0.4) is 0 Å². The van der Waals surface area contributed by atoms with E-state index >= 15 is 0 Å². The number of hydrogen-bond donors (Lipinski definition) is 2. The molecule has 4 heteroatoms. The van der Waals surface area contributed by atoms with Crippen molar-refractivity contribution in [2.75, 3.05) is 5.32 Å². The average Bonchev–Trinajstić information content (AvgIpc) is 2.69. The van der Waals surface area contributed by atoms with E-state index in [-0.39, 0.29) is 17.9 Å². The van der Waals surface area contributed by atoms with Crippen LogP contribution in [-0.2, 0) is 0 Å². The second-order valence-corrected chi connectivity index (χ2v) is 6.50. The molecule has 4 nitrogen and oxygen atoms in total. The van der Waals surface area contributed by atoms with E-state index < -0.39 is 0 Å². The highest BCUT2D eigenvalue weighted by atomic mass is 16.2. The van der Waals surface area contributed by atoms with Gasteiger partial charge in [0.1, 0.15) is 0 Å².